The highest BCUT2D eigenvalue weighted by Crippen LogP contribution is 2.61. The van der Waals surface area contributed by atoms with Gasteiger partial charge in [-0.3, -0.25) is 4.79 Å². The lowest BCUT2D eigenvalue weighted by Crippen LogP contribution is -2.58. The zero-order chi connectivity index (χ0) is 25.3. The number of nitrogens with one attached hydrogen (secondary N) is 1. The maximum absolute atomic E-state index is 13.2. The third kappa shape index (κ3) is 4.86. The smallest absolute Gasteiger partial charge is 0.283 e. The minimum atomic E-state index is -0.187. The number of anilines is 2. The number of hydrogen-bond acceptors (Lipinski definition) is 6. The summed E-state index contributed by atoms with van der Waals surface area (Å²) in [4.78, 5) is 20.6. The molecule has 0 radical (unpaired) electrons. The van der Waals surface area contributed by atoms with Gasteiger partial charge in [-0.25, -0.2) is 4.68 Å². The highest BCUT2D eigenvalue weighted by atomic mass is 79.9. The molecule has 3 aliphatic rings. The quantitative estimate of drug-likeness (QED) is 0.339. The SMILES string of the molecule is CCN(CC)c1ccc(C(Cn2ncc(N[C@@H]3C[C@@H]4C[C@H]([C@H]3C)C4(C)C)c(Br)c2=O)=NOC)cc1. The Hall–Kier alpha value is -2.35. The Labute approximate surface area is 217 Å². The summed E-state index contributed by atoms with van der Waals surface area (Å²) >= 11 is 3.54. The second kappa shape index (κ2) is 10.3. The molecule has 5 rings (SSSR count). The molecule has 35 heavy (non-hydrogen) atoms. The molecule has 0 aliphatic heterocycles. The van der Waals surface area contributed by atoms with Gasteiger partial charge in [0.15, 0.2) is 0 Å². The number of hydrogen-bond donors (Lipinski definition) is 1. The number of halogens is 1. The van der Waals surface area contributed by atoms with E-state index in [1.54, 1.807) is 6.20 Å². The number of rotatable bonds is 9. The van der Waals surface area contributed by atoms with Crippen LogP contribution in [0.3, 0.4) is 0 Å². The maximum Gasteiger partial charge on any atom is 0.283 e. The van der Waals surface area contributed by atoms with Crippen LogP contribution in [-0.4, -0.2) is 41.7 Å². The second-order valence-electron chi connectivity index (χ2n) is 10.5. The van der Waals surface area contributed by atoms with Crippen LogP contribution in [0.1, 0.15) is 53.0 Å². The highest BCUT2D eigenvalue weighted by Gasteiger charge is 2.56. The van der Waals surface area contributed by atoms with Crippen molar-refractivity contribution in [3.05, 3.63) is 50.9 Å². The molecule has 190 valence electrons. The third-order valence-corrected chi connectivity index (χ3v) is 9.28. The van der Waals surface area contributed by atoms with Crippen molar-refractivity contribution in [1.29, 1.82) is 0 Å². The fourth-order valence-electron chi connectivity index (χ4n) is 6.10. The summed E-state index contributed by atoms with van der Waals surface area (Å²) in [7, 11) is 1.51. The molecule has 2 bridgehead atoms. The molecule has 2 aromatic rings. The van der Waals surface area contributed by atoms with Crippen molar-refractivity contribution < 1.29 is 4.84 Å². The summed E-state index contributed by atoms with van der Waals surface area (Å²) in [6.07, 6.45) is 4.21. The van der Waals surface area contributed by atoms with Crippen LogP contribution in [0.25, 0.3) is 0 Å². The molecule has 8 heteroatoms. The Morgan fingerprint density at radius 2 is 1.94 bits per heavy atom. The van der Waals surface area contributed by atoms with Gasteiger partial charge in [-0.2, -0.15) is 5.10 Å². The molecular weight excluding hydrogens is 506 g/mol. The predicted molar refractivity (Wildman–Crippen MR) is 146 cm³/mol. The molecule has 7 nitrogen and oxygen atoms in total. The molecule has 0 amide bonds. The molecule has 3 aliphatic carbocycles. The lowest BCUT2D eigenvalue weighted by molar-refractivity contribution is -0.105. The van der Waals surface area contributed by atoms with E-state index >= 15 is 0 Å². The van der Waals surface area contributed by atoms with E-state index in [2.05, 4.69) is 83.2 Å². The number of oxime groups is 1. The van der Waals surface area contributed by atoms with Crippen LogP contribution in [-0.2, 0) is 11.4 Å². The van der Waals surface area contributed by atoms with Crippen molar-refractivity contribution in [2.45, 2.75) is 60.0 Å². The van der Waals surface area contributed by atoms with Gasteiger partial charge in [-0.15, -0.1) is 0 Å². The van der Waals surface area contributed by atoms with Gasteiger partial charge in [0.05, 0.1) is 18.4 Å². The van der Waals surface area contributed by atoms with Crippen molar-refractivity contribution in [2.75, 3.05) is 30.4 Å². The molecule has 1 aromatic heterocycles. The molecule has 0 unspecified atom stereocenters. The van der Waals surface area contributed by atoms with E-state index < -0.39 is 0 Å². The van der Waals surface area contributed by atoms with Crippen LogP contribution in [0, 0.1) is 23.2 Å². The monoisotopic (exact) mass is 543 g/mol. The fourth-order valence-corrected chi connectivity index (χ4v) is 6.52. The average molecular weight is 545 g/mol. The van der Waals surface area contributed by atoms with E-state index in [9.17, 15) is 4.79 Å². The topological polar surface area (TPSA) is 71.8 Å². The number of aromatic nitrogens is 2. The molecule has 0 saturated heterocycles. The first-order valence-electron chi connectivity index (χ1n) is 12.7. The Kier molecular flexibility index (Phi) is 7.60. The highest BCUT2D eigenvalue weighted by molar-refractivity contribution is 9.10. The number of benzene rings is 1. The van der Waals surface area contributed by atoms with Gasteiger partial charge in [0.2, 0.25) is 0 Å². The molecule has 4 atom stereocenters. The molecule has 1 heterocycles. The predicted octanol–water partition coefficient (Wildman–Crippen LogP) is 5.39. The minimum Gasteiger partial charge on any atom is -0.399 e. The summed E-state index contributed by atoms with van der Waals surface area (Å²) in [6.45, 7) is 13.5. The lowest BCUT2D eigenvalue weighted by Gasteiger charge is -2.62. The summed E-state index contributed by atoms with van der Waals surface area (Å²) in [5, 5.41) is 12.3. The normalized spacial score (nSPS) is 25.1. The van der Waals surface area contributed by atoms with Crippen LogP contribution in [0.2, 0.25) is 0 Å². The fraction of sp³-hybridized carbons (Fsp3) is 0.593. The van der Waals surface area contributed by atoms with Gasteiger partial charge < -0.3 is 15.1 Å². The Balaban J connectivity index is 1.51. The second-order valence-corrected chi connectivity index (χ2v) is 11.3. The molecule has 1 aromatic carbocycles. The summed E-state index contributed by atoms with van der Waals surface area (Å²) in [5.41, 5.74) is 3.69. The first kappa shape index (κ1) is 25.7. The Morgan fingerprint density at radius 1 is 1.26 bits per heavy atom. The number of nitrogens with zero attached hydrogens (tertiary/aromatic N) is 4. The molecule has 1 N–H and O–H groups in total. The molecule has 3 saturated carbocycles. The third-order valence-electron chi connectivity index (χ3n) is 8.51. The van der Waals surface area contributed by atoms with Crippen LogP contribution in [0.4, 0.5) is 11.4 Å². The zero-order valence-corrected chi connectivity index (χ0v) is 23.3. The van der Waals surface area contributed by atoms with Crippen molar-refractivity contribution in [3.8, 4) is 0 Å². The van der Waals surface area contributed by atoms with Crippen LogP contribution in [0.15, 0.2) is 44.9 Å². The Morgan fingerprint density at radius 3 is 2.51 bits per heavy atom. The van der Waals surface area contributed by atoms with E-state index in [0.717, 1.165) is 48.3 Å². The van der Waals surface area contributed by atoms with Gasteiger partial charge in [0.1, 0.15) is 17.3 Å². The van der Waals surface area contributed by atoms with Crippen LogP contribution in [0.5, 0.6) is 0 Å². The maximum atomic E-state index is 13.2. The average Bonchev–Trinajstić information content (AvgIpc) is 2.85. The van der Waals surface area contributed by atoms with Crippen molar-refractivity contribution in [3.63, 3.8) is 0 Å². The van der Waals surface area contributed by atoms with E-state index in [1.807, 2.05) is 12.1 Å². The van der Waals surface area contributed by atoms with Gasteiger partial charge in [-0.1, -0.05) is 38.1 Å². The molecule has 0 spiro atoms. The number of fused-ring (bicyclic) bond motifs is 2. The summed E-state index contributed by atoms with van der Waals surface area (Å²) in [6, 6.07) is 8.53. The van der Waals surface area contributed by atoms with Gasteiger partial charge in [0, 0.05) is 30.4 Å². The first-order valence-corrected chi connectivity index (χ1v) is 13.5. The van der Waals surface area contributed by atoms with E-state index in [-0.39, 0.29) is 12.1 Å². The lowest BCUT2D eigenvalue weighted by atomic mass is 9.45. The molecule has 3 fully saturated rings. The van der Waals surface area contributed by atoms with Crippen LogP contribution < -0.4 is 15.8 Å². The largest absolute Gasteiger partial charge is 0.399 e. The molecular formula is C27H38BrN5O2. The first-order chi connectivity index (χ1) is 16.7. The van der Waals surface area contributed by atoms with E-state index in [1.165, 1.54) is 18.2 Å². The summed E-state index contributed by atoms with van der Waals surface area (Å²) < 4.78 is 1.93. The van der Waals surface area contributed by atoms with Crippen molar-refractivity contribution in [1.82, 2.24) is 9.78 Å². The van der Waals surface area contributed by atoms with E-state index in [0.29, 0.717) is 27.6 Å². The van der Waals surface area contributed by atoms with Crippen LogP contribution >= 0.6 is 15.9 Å². The van der Waals surface area contributed by atoms with Crippen molar-refractivity contribution >= 4 is 33.0 Å². The minimum absolute atomic E-state index is 0.187. The van der Waals surface area contributed by atoms with Gasteiger partial charge >= 0.3 is 0 Å². The summed E-state index contributed by atoms with van der Waals surface area (Å²) in [5.74, 6) is 2.03. The standard InChI is InChI=1S/C27H38BrN5O2/c1-7-32(8-2)20-11-9-18(10-12-20)24(31-35-6)16-33-26(34)25(28)23(15-29-33)30-22-14-19-13-21(17(22)3)27(19,4)5/h9-12,15,17,19,21-22,30H,7-8,13-14,16H2,1-6H3/t17-,19+,21-,22-/m1/s1. The van der Waals surface area contributed by atoms with E-state index in [4.69, 9.17) is 4.84 Å². The van der Waals surface area contributed by atoms with Gasteiger partial charge in [0.25, 0.3) is 5.56 Å². The van der Waals surface area contributed by atoms with Gasteiger partial charge in [-0.05, 0) is 77.9 Å². The van der Waals surface area contributed by atoms with Crippen molar-refractivity contribution in [2.24, 2.45) is 28.3 Å². The Bertz CT molecular complexity index is 1120. The zero-order valence-electron chi connectivity index (χ0n) is 21.7.